The molecule has 5 rings (SSSR count). The van der Waals surface area contributed by atoms with Gasteiger partial charge in [0.25, 0.3) is 5.91 Å². The first kappa shape index (κ1) is 13.7. The zero-order valence-electron chi connectivity index (χ0n) is 11.6. The van der Waals surface area contributed by atoms with Gasteiger partial charge in [-0.25, -0.2) is 0 Å². The molecule has 3 aliphatic rings. The lowest BCUT2D eigenvalue weighted by atomic mass is 9.84. The fourth-order valence-electron chi connectivity index (χ4n) is 3.52. The molecule has 4 heterocycles. The quantitative estimate of drug-likeness (QED) is 0.884. The number of benzene rings is 1. The van der Waals surface area contributed by atoms with Gasteiger partial charge in [-0.3, -0.25) is 4.79 Å². The van der Waals surface area contributed by atoms with Crippen LogP contribution in [0.4, 0.5) is 0 Å². The Morgan fingerprint density at radius 1 is 1.33 bits per heavy atom. The van der Waals surface area contributed by atoms with Gasteiger partial charge in [0.2, 0.25) is 0 Å². The van der Waals surface area contributed by atoms with Crippen molar-refractivity contribution in [3.05, 3.63) is 33.6 Å². The number of carbonyl (C=O) groups is 1. The summed E-state index contributed by atoms with van der Waals surface area (Å²) in [5, 5.41) is 6.45. The van der Waals surface area contributed by atoms with Crippen molar-refractivity contribution in [1.29, 1.82) is 0 Å². The minimum absolute atomic E-state index is 0.0637. The average Bonchev–Trinajstić information content (AvgIpc) is 2.89. The van der Waals surface area contributed by atoms with Crippen LogP contribution in [0.5, 0.6) is 0 Å². The van der Waals surface area contributed by atoms with Crippen molar-refractivity contribution in [3.63, 3.8) is 0 Å². The summed E-state index contributed by atoms with van der Waals surface area (Å²) in [6.07, 6.45) is 2.44. The minimum Gasteiger partial charge on any atom is -0.348 e. The molecule has 3 saturated heterocycles. The molecule has 1 amide bonds. The second kappa shape index (κ2) is 5.38. The molecule has 2 aromatic rings. The lowest BCUT2D eigenvalue weighted by Gasteiger charge is -2.44. The van der Waals surface area contributed by atoms with Crippen LogP contribution in [0.3, 0.4) is 0 Å². The Labute approximate surface area is 136 Å². The lowest BCUT2D eigenvalue weighted by Crippen LogP contribution is -2.57. The standard InChI is InChI=1S/C16H17BrN2OS/c17-13-9-21-15-2-1-11(7-12(13)15)16(20)18-14-8-19-5-3-10(14)4-6-19/h1-2,7,9-10,14H,3-6,8H2,(H,18,20)/t14-/m0/s1. The van der Waals surface area contributed by atoms with Gasteiger partial charge in [-0.05, 0) is 66.0 Å². The molecule has 21 heavy (non-hydrogen) atoms. The monoisotopic (exact) mass is 364 g/mol. The summed E-state index contributed by atoms with van der Waals surface area (Å²) >= 11 is 5.24. The zero-order valence-corrected chi connectivity index (χ0v) is 14.0. The fraction of sp³-hybridized carbons (Fsp3) is 0.438. The molecule has 0 unspecified atom stereocenters. The molecule has 1 atom stereocenters. The molecule has 0 saturated carbocycles. The van der Waals surface area contributed by atoms with Gasteiger partial charge in [-0.2, -0.15) is 0 Å². The number of carbonyl (C=O) groups excluding carboxylic acids is 1. The Hall–Kier alpha value is -0.910. The highest BCUT2D eigenvalue weighted by atomic mass is 79.9. The Balaban J connectivity index is 1.54. The van der Waals surface area contributed by atoms with E-state index in [0.29, 0.717) is 12.0 Å². The van der Waals surface area contributed by atoms with Crippen LogP contribution >= 0.6 is 27.3 Å². The van der Waals surface area contributed by atoms with Crippen LogP contribution in [0.25, 0.3) is 10.1 Å². The van der Waals surface area contributed by atoms with Crippen molar-refractivity contribution in [2.75, 3.05) is 19.6 Å². The van der Waals surface area contributed by atoms with Crippen molar-refractivity contribution in [2.45, 2.75) is 18.9 Å². The van der Waals surface area contributed by atoms with E-state index in [0.717, 1.165) is 22.0 Å². The molecule has 1 aromatic carbocycles. The molecule has 3 nitrogen and oxygen atoms in total. The van der Waals surface area contributed by atoms with Crippen LogP contribution in [0.1, 0.15) is 23.2 Å². The predicted molar refractivity (Wildman–Crippen MR) is 89.9 cm³/mol. The molecule has 3 fully saturated rings. The van der Waals surface area contributed by atoms with Gasteiger partial charge in [0, 0.05) is 38.1 Å². The zero-order chi connectivity index (χ0) is 14.4. The van der Waals surface area contributed by atoms with Gasteiger partial charge in [0.05, 0.1) is 0 Å². The third-order valence-electron chi connectivity index (χ3n) is 4.76. The molecular weight excluding hydrogens is 348 g/mol. The summed E-state index contributed by atoms with van der Waals surface area (Å²) in [5.41, 5.74) is 0.762. The number of nitrogens with one attached hydrogen (secondary N) is 1. The lowest BCUT2D eigenvalue weighted by molar-refractivity contribution is 0.0620. The summed E-state index contributed by atoms with van der Waals surface area (Å²) in [4.78, 5) is 15.0. The number of rotatable bonds is 2. The first-order valence-electron chi connectivity index (χ1n) is 7.41. The minimum atomic E-state index is 0.0637. The highest BCUT2D eigenvalue weighted by molar-refractivity contribution is 9.10. The number of halogens is 1. The van der Waals surface area contributed by atoms with E-state index in [4.69, 9.17) is 0 Å². The van der Waals surface area contributed by atoms with Crippen LogP contribution in [0.15, 0.2) is 28.1 Å². The summed E-state index contributed by atoms with van der Waals surface area (Å²) in [7, 11) is 0. The van der Waals surface area contributed by atoms with Gasteiger partial charge in [-0.1, -0.05) is 0 Å². The molecule has 2 bridgehead atoms. The van der Waals surface area contributed by atoms with Crippen LogP contribution in [0, 0.1) is 5.92 Å². The van der Waals surface area contributed by atoms with E-state index in [1.165, 1.54) is 30.6 Å². The number of hydrogen-bond acceptors (Lipinski definition) is 3. The van der Waals surface area contributed by atoms with E-state index in [9.17, 15) is 4.79 Å². The van der Waals surface area contributed by atoms with E-state index in [-0.39, 0.29) is 5.91 Å². The SMILES string of the molecule is O=C(N[C@H]1CN2CCC1CC2)c1ccc2scc(Br)c2c1. The van der Waals surface area contributed by atoms with Gasteiger partial charge in [0.15, 0.2) is 0 Å². The maximum atomic E-state index is 12.5. The third kappa shape index (κ3) is 2.51. The van der Waals surface area contributed by atoms with Crippen LogP contribution in [-0.2, 0) is 0 Å². The van der Waals surface area contributed by atoms with Crippen LogP contribution in [-0.4, -0.2) is 36.5 Å². The van der Waals surface area contributed by atoms with Gasteiger partial charge in [-0.15, -0.1) is 11.3 Å². The van der Waals surface area contributed by atoms with Gasteiger partial charge in [0.1, 0.15) is 0 Å². The van der Waals surface area contributed by atoms with E-state index in [1.54, 1.807) is 11.3 Å². The highest BCUT2D eigenvalue weighted by Crippen LogP contribution is 2.31. The van der Waals surface area contributed by atoms with E-state index in [2.05, 4.69) is 31.5 Å². The van der Waals surface area contributed by atoms with Crippen LogP contribution < -0.4 is 5.32 Å². The Bertz CT molecular complexity index is 691. The first-order chi connectivity index (χ1) is 10.2. The van der Waals surface area contributed by atoms with E-state index in [1.807, 2.05) is 18.2 Å². The molecule has 5 heteroatoms. The highest BCUT2D eigenvalue weighted by Gasteiger charge is 2.34. The largest absolute Gasteiger partial charge is 0.348 e. The summed E-state index contributed by atoms with van der Waals surface area (Å²) in [6, 6.07) is 6.28. The molecule has 0 radical (unpaired) electrons. The second-order valence-corrected chi connectivity index (χ2v) is 7.78. The molecule has 3 aliphatic heterocycles. The Morgan fingerprint density at radius 3 is 2.86 bits per heavy atom. The topological polar surface area (TPSA) is 32.3 Å². The molecule has 1 aromatic heterocycles. The average molecular weight is 365 g/mol. The Morgan fingerprint density at radius 2 is 2.14 bits per heavy atom. The summed E-state index contributed by atoms with van der Waals surface area (Å²) in [6.45, 7) is 3.41. The van der Waals surface area contributed by atoms with Crippen LogP contribution in [0.2, 0.25) is 0 Å². The molecule has 0 aliphatic carbocycles. The molecule has 110 valence electrons. The molecule has 1 N–H and O–H groups in total. The summed E-state index contributed by atoms with van der Waals surface area (Å²) < 4.78 is 2.28. The number of nitrogens with zero attached hydrogens (tertiary/aromatic N) is 1. The van der Waals surface area contributed by atoms with Crippen molar-refractivity contribution in [2.24, 2.45) is 5.92 Å². The molecular formula is C16H17BrN2OS. The normalized spacial score (nSPS) is 28.0. The van der Waals surface area contributed by atoms with Crippen molar-refractivity contribution in [1.82, 2.24) is 10.2 Å². The predicted octanol–water partition coefficient (Wildman–Crippen LogP) is 3.49. The van der Waals surface area contributed by atoms with Crippen molar-refractivity contribution >= 4 is 43.3 Å². The van der Waals surface area contributed by atoms with E-state index < -0.39 is 0 Å². The molecule has 0 spiro atoms. The second-order valence-electron chi connectivity index (χ2n) is 6.01. The van der Waals surface area contributed by atoms with E-state index >= 15 is 0 Å². The smallest absolute Gasteiger partial charge is 0.251 e. The summed E-state index contributed by atoms with van der Waals surface area (Å²) in [5.74, 6) is 0.726. The van der Waals surface area contributed by atoms with Crippen molar-refractivity contribution < 1.29 is 4.79 Å². The maximum absolute atomic E-state index is 12.5. The Kier molecular flexibility index (Phi) is 3.52. The number of hydrogen-bond donors (Lipinski definition) is 1. The fourth-order valence-corrected chi connectivity index (χ4v) is 5.06. The van der Waals surface area contributed by atoms with Crippen molar-refractivity contribution in [3.8, 4) is 0 Å². The number of fused-ring (bicyclic) bond motifs is 4. The van der Waals surface area contributed by atoms with Gasteiger partial charge < -0.3 is 10.2 Å². The van der Waals surface area contributed by atoms with Gasteiger partial charge >= 0.3 is 0 Å². The first-order valence-corrected chi connectivity index (χ1v) is 9.08. The number of thiophene rings is 1. The number of piperidine rings is 3. The maximum Gasteiger partial charge on any atom is 0.251 e. The third-order valence-corrected chi connectivity index (χ3v) is 6.68. The number of amides is 1.